The summed E-state index contributed by atoms with van der Waals surface area (Å²) in [6, 6.07) is 0. The zero-order valence-corrected chi connectivity index (χ0v) is 10.8. The van der Waals surface area contributed by atoms with E-state index < -0.39 is 0 Å². The molecule has 0 heterocycles. The van der Waals surface area contributed by atoms with Crippen LogP contribution in [0.2, 0.25) is 0 Å². The van der Waals surface area contributed by atoms with Gasteiger partial charge in [-0.05, 0) is 56.8 Å². The molecule has 0 spiro atoms. The zero-order valence-electron chi connectivity index (χ0n) is 10.8. The Bertz CT molecular complexity index is 247. The number of hydrogen-bond donors (Lipinski definition) is 0. The van der Waals surface area contributed by atoms with Crippen LogP contribution in [0, 0.1) is 23.7 Å². The molecule has 0 bridgehead atoms. The third-order valence-corrected chi connectivity index (χ3v) is 4.10. The highest BCUT2D eigenvalue weighted by molar-refractivity contribution is 5.11. The first-order valence-corrected chi connectivity index (χ1v) is 6.24. The van der Waals surface area contributed by atoms with Gasteiger partial charge in [0.1, 0.15) is 0 Å². The van der Waals surface area contributed by atoms with Gasteiger partial charge in [0.2, 0.25) is 0 Å². The first kappa shape index (κ1) is 12.5. The van der Waals surface area contributed by atoms with E-state index in [0.717, 1.165) is 11.8 Å². The third kappa shape index (κ3) is 2.96. The summed E-state index contributed by atoms with van der Waals surface area (Å²) in [5.41, 5.74) is 2.71. The first-order chi connectivity index (χ1) is 6.93. The van der Waals surface area contributed by atoms with Gasteiger partial charge < -0.3 is 0 Å². The summed E-state index contributed by atoms with van der Waals surface area (Å²) >= 11 is 0. The largest absolute Gasteiger partial charge is 0.0998 e. The van der Waals surface area contributed by atoms with Crippen LogP contribution in [0.4, 0.5) is 0 Å². The maximum atomic E-state index is 4.16. The second kappa shape index (κ2) is 5.01. The van der Waals surface area contributed by atoms with Gasteiger partial charge in [0.05, 0.1) is 0 Å². The topological polar surface area (TPSA) is 0 Å². The molecule has 0 aromatic carbocycles. The molecule has 1 aliphatic rings. The van der Waals surface area contributed by atoms with Crippen LogP contribution < -0.4 is 0 Å². The maximum Gasteiger partial charge on any atom is -0.0141 e. The lowest BCUT2D eigenvalue weighted by Crippen LogP contribution is -2.28. The normalized spacial score (nSPS) is 31.7. The first-order valence-electron chi connectivity index (χ1n) is 6.24. The molecule has 0 aromatic heterocycles. The van der Waals surface area contributed by atoms with Crippen molar-refractivity contribution in [2.24, 2.45) is 23.7 Å². The van der Waals surface area contributed by atoms with E-state index in [-0.39, 0.29) is 0 Å². The van der Waals surface area contributed by atoms with Gasteiger partial charge in [-0.15, -0.1) is 0 Å². The lowest BCUT2D eigenvalue weighted by Gasteiger charge is -2.38. The zero-order chi connectivity index (χ0) is 11.6. The standard InChI is InChI=1S/C15H26/c1-10(2)13-7-8-14(11(3)4)15(9-13)12(5)6/h10,13-15H,3,5,7-9H2,1-2,4,6H3. The molecule has 3 unspecified atom stereocenters. The summed E-state index contributed by atoms with van der Waals surface area (Å²) in [5.74, 6) is 3.08. The van der Waals surface area contributed by atoms with Crippen molar-refractivity contribution in [3.63, 3.8) is 0 Å². The van der Waals surface area contributed by atoms with E-state index in [9.17, 15) is 0 Å². The van der Waals surface area contributed by atoms with Crippen LogP contribution in [0.15, 0.2) is 24.3 Å². The molecule has 0 aliphatic heterocycles. The van der Waals surface area contributed by atoms with Crippen LogP contribution in [0.3, 0.4) is 0 Å². The van der Waals surface area contributed by atoms with Crippen molar-refractivity contribution in [1.29, 1.82) is 0 Å². The molecule has 1 saturated carbocycles. The molecule has 86 valence electrons. The van der Waals surface area contributed by atoms with Gasteiger partial charge in [-0.2, -0.15) is 0 Å². The van der Waals surface area contributed by atoms with Gasteiger partial charge in [-0.25, -0.2) is 0 Å². The SMILES string of the molecule is C=C(C)C1CCC(C(C)C)CC1C(=C)C. The lowest BCUT2D eigenvalue weighted by atomic mass is 9.67. The average Bonchev–Trinajstić information content (AvgIpc) is 2.16. The minimum atomic E-state index is 0.684. The van der Waals surface area contributed by atoms with E-state index in [2.05, 4.69) is 40.9 Å². The molecule has 15 heavy (non-hydrogen) atoms. The molecule has 0 nitrogen and oxygen atoms in total. The number of allylic oxidation sites excluding steroid dienone is 2. The molecule has 0 saturated heterocycles. The van der Waals surface area contributed by atoms with Crippen molar-refractivity contribution in [3.8, 4) is 0 Å². The van der Waals surface area contributed by atoms with Gasteiger partial charge in [-0.1, -0.05) is 38.2 Å². The Hall–Kier alpha value is -0.520. The highest BCUT2D eigenvalue weighted by atomic mass is 14.4. The van der Waals surface area contributed by atoms with Crippen LogP contribution in [-0.2, 0) is 0 Å². The Morgan fingerprint density at radius 3 is 1.93 bits per heavy atom. The van der Waals surface area contributed by atoms with E-state index in [0.29, 0.717) is 11.8 Å². The summed E-state index contributed by atoms with van der Waals surface area (Å²) in [6.45, 7) is 17.4. The van der Waals surface area contributed by atoms with E-state index in [4.69, 9.17) is 0 Å². The number of hydrogen-bond acceptors (Lipinski definition) is 0. The van der Waals surface area contributed by atoms with Crippen LogP contribution in [0.1, 0.15) is 47.0 Å². The third-order valence-electron chi connectivity index (χ3n) is 4.10. The van der Waals surface area contributed by atoms with E-state index in [1.807, 2.05) is 0 Å². The summed E-state index contributed by atoms with van der Waals surface area (Å²) in [7, 11) is 0. The van der Waals surface area contributed by atoms with Gasteiger partial charge in [-0.3, -0.25) is 0 Å². The van der Waals surface area contributed by atoms with E-state index >= 15 is 0 Å². The molecule has 0 aromatic rings. The van der Waals surface area contributed by atoms with Crippen LogP contribution in [0.5, 0.6) is 0 Å². The van der Waals surface area contributed by atoms with Crippen LogP contribution in [-0.4, -0.2) is 0 Å². The quantitative estimate of drug-likeness (QED) is 0.580. The molecule has 1 rings (SSSR count). The van der Waals surface area contributed by atoms with Crippen molar-refractivity contribution in [2.45, 2.75) is 47.0 Å². The molecule has 3 atom stereocenters. The summed E-state index contributed by atoms with van der Waals surface area (Å²) in [4.78, 5) is 0. The predicted molar refractivity (Wildman–Crippen MR) is 68.8 cm³/mol. The Morgan fingerprint density at radius 2 is 1.53 bits per heavy atom. The monoisotopic (exact) mass is 206 g/mol. The van der Waals surface area contributed by atoms with Crippen molar-refractivity contribution < 1.29 is 0 Å². The fourth-order valence-corrected chi connectivity index (χ4v) is 2.94. The predicted octanol–water partition coefficient (Wildman–Crippen LogP) is 4.83. The van der Waals surface area contributed by atoms with Crippen LogP contribution >= 0.6 is 0 Å². The Kier molecular flexibility index (Phi) is 4.19. The summed E-state index contributed by atoms with van der Waals surface area (Å²) in [6.07, 6.45) is 4.01. The van der Waals surface area contributed by atoms with Crippen molar-refractivity contribution in [1.82, 2.24) is 0 Å². The second-order valence-electron chi connectivity index (χ2n) is 5.72. The second-order valence-corrected chi connectivity index (χ2v) is 5.72. The van der Waals surface area contributed by atoms with Crippen molar-refractivity contribution in [3.05, 3.63) is 24.3 Å². The highest BCUT2D eigenvalue weighted by Crippen LogP contribution is 2.42. The molecule has 1 fully saturated rings. The van der Waals surface area contributed by atoms with Gasteiger partial charge >= 0.3 is 0 Å². The highest BCUT2D eigenvalue weighted by Gasteiger charge is 2.32. The average molecular weight is 206 g/mol. The minimum absolute atomic E-state index is 0.684. The molecule has 0 radical (unpaired) electrons. The maximum absolute atomic E-state index is 4.16. The van der Waals surface area contributed by atoms with E-state index in [1.165, 1.54) is 30.4 Å². The molecule has 1 aliphatic carbocycles. The fourth-order valence-electron chi connectivity index (χ4n) is 2.94. The smallest absolute Gasteiger partial charge is 0.0141 e. The molecule has 0 amide bonds. The summed E-state index contributed by atoms with van der Waals surface area (Å²) in [5, 5.41) is 0. The van der Waals surface area contributed by atoms with Crippen molar-refractivity contribution in [2.75, 3.05) is 0 Å². The molecular formula is C15H26. The Morgan fingerprint density at radius 1 is 1.00 bits per heavy atom. The molecule has 0 N–H and O–H groups in total. The molecular weight excluding hydrogens is 180 g/mol. The Balaban J connectivity index is 2.74. The van der Waals surface area contributed by atoms with Crippen molar-refractivity contribution >= 4 is 0 Å². The minimum Gasteiger partial charge on any atom is -0.0998 e. The Labute approximate surface area is 95.5 Å². The fraction of sp³-hybridized carbons (Fsp3) is 0.733. The number of rotatable bonds is 3. The van der Waals surface area contributed by atoms with Gasteiger partial charge in [0.25, 0.3) is 0 Å². The lowest BCUT2D eigenvalue weighted by molar-refractivity contribution is 0.191. The molecule has 0 heteroatoms. The summed E-state index contributed by atoms with van der Waals surface area (Å²) < 4.78 is 0. The van der Waals surface area contributed by atoms with Gasteiger partial charge in [0, 0.05) is 0 Å². The van der Waals surface area contributed by atoms with E-state index in [1.54, 1.807) is 0 Å². The van der Waals surface area contributed by atoms with Gasteiger partial charge in [0.15, 0.2) is 0 Å². The van der Waals surface area contributed by atoms with Crippen LogP contribution in [0.25, 0.3) is 0 Å².